The molecule has 8 heteroatoms. The first-order valence-corrected chi connectivity index (χ1v) is 11.0. The second-order valence-corrected chi connectivity index (χ2v) is 7.95. The van der Waals surface area contributed by atoms with Gasteiger partial charge in [-0.3, -0.25) is 9.59 Å². The van der Waals surface area contributed by atoms with Crippen molar-refractivity contribution in [3.8, 4) is 5.69 Å². The van der Waals surface area contributed by atoms with Crippen molar-refractivity contribution in [3.63, 3.8) is 0 Å². The molecule has 0 bridgehead atoms. The molecule has 1 N–H and O–H groups in total. The Bertz CT molecular complexity index is 1460. The Morgan fingerprint density at radius 1 is 0.667 bits per heavy atom. The van der Waals surface area contributed by atoms with Crippen molar-refractivity contribution in [3.05, 3.63) is 120 Å². The maximum absolute atomic E-state index is 13.5. The van der Waals surface area contributed by atoms with E-state index in [1.165, 1.54) is 18.2 Å². The van der Waals surface area contributed by atoms with E-state index in [1.54, 1.807) is 95.7 Å². The van der Waals surface area contributed by atoms with E-state index in [-0.39, 0.29) is 11.1 Å². The fraction of sp³-hybridized carbons (Fsp3) is 0. The van der Waals surface area contributed by atoms with E-state index in [1.807, 2.05) is 0 Å². The van der Waals surface area contributed by atoms with Gasteiger partial charge in [-0.1, -0.05) is 42.5 Å². The van der Waals surface area contributed by atoms with Crippen molar-refractivity contribution >= 4 is 41.3 Å². The van der Waals surface area contributed by atoms with Crippen LogP contribution in [0.4, 0.5) is 16.2 Å². The number of carbonyl (C=O) groups is 4. The summed E-state index contributed by atoms with van der Waals surface area (Å²) in [6.45, 7) is 0. The van der Waals surface area contributed by atoms with Crippen molar-refractivity contribution in [1.82, 2.24) is 4.57 Å². The molecule has 3 aromatic carbocycles. The molecule has 4 amide bonds. The predicted molar refractivity (Wildman–Crippen MR) is 134 cm³/mol. The van der Waals surface area contributed by atoms with Crippen LogP contribution in [0.5, 0.6) is 0 Å². The molecule has 1 fully saturated rings. The maximum atomic E-state index is 13.5. The number of hydrogen-bond donors (Lipinski definition) is 1. The average molecular weight is 477 g/mol. The summed E-state index contributed by atoms with van der Waals surface area (Å²) >= 11 is 0. The summed E-state index contributed by atoms with van der Waals surface area (Å²) < 4.78 is 1.66. The largest absolute Gasteiger partial charge is 0.478 e. The van der Waals surface area contributed by atoms with Gasteiger partial charge in [-0.05, 0) is 60.7 Å². The maximum Gasteiger partial charge on any atom is 0.343 e. The van der Waals surface area contributed by atoms with Crippen molar-refractivity contribution in [1.29, 1.82) is 0 Å². The summed E-state index contributed by atoms with van der Waals surface area (Å²) in [5, 5.41) is 9.35. The second kappa shape index (κ2) is 9.19. The zero-order chi connectivity index (χ0) is 25.2. The van der Waals surface area contributed by atoms with E-state index in [9.17, 15) is 24.3 Å². The quantitative estimate of drug-likeness (QED) is 0.330. The molecule has 0 radical (unpaired) electrons. The number of rotatable bonds is 5. The lowest BCUT2D eigenvalue weighted by atomic mass is 10.1. The molecule has 2 heterocycles. The number of aromatic nitrogens is 1. The molecule has 1 aromatic heterocycles. The fourth-order valence-electron chi connectivity index (χ4n) is 4.02. The second-order valence-electron chi connectivity index (χ2n) is 7.95. The molecular weight excluding hydrogens is 458 g/mol. The molecule has 36 heavy (non-hydrogen) atoms. The lowest BCUT2D eigenvalue weighted by Crippen LogP contribution is -2.57. The van der Waals surface area contributed by atoms with E-state index in [0.717, 1.165) is 9.80 Å². The highest BCUT2D eigenvalue weighted by molar-refractivity contribution is 6.46. The predicted octanol–water partition coefficient (Wildman–Crippen LogP) is 4.76. The Balaban J connectivity index is 1.64. The van der Waals surface area contributed by atoms with Gasteiger partial charge in [0.2, 0.25) is 0 Å². The van der Waals surface area contributed by atoms with Gasteiger partial charge < -0.3 is 9.67 Å². The Hall–Kier alpha value is -5.24. The van der Waals surface area contributed by atoms with Crippen LogP contribution < -0.4 is 9.80 Å². The number of urea groups is 1. The normalized spacial score (nSPS) is 13.8. The number of anilines is 2. The molecule has 0 unspecified atom stereocenters. The topological polar surface area (TPSA) is 99.9 Å². The van der Waals surface area contributed by atoms with Crippen LogP contribution in [-0.2, 0) is 9.59 Å². The molecule has 1 aliphatic heterocycles. The summed E-state index contributed by atoms with van der Waals surface area (Å²) in [6.07, 6.45) is 3.11. The van der Waals surface area contributed by atoms with E-state index in [4.69, 9.17) is 0 Å². The number of imide groups is 2. The first kappa shape index (κ1) is 22.5. The highest BCUT2D eigenvalue weighted by atomic mass is 16.4. The highest BCUT2D eigenvalue weighted by Crippen LogP contribution is 2.30. The zero-order valence-electron chi connectivity index (χ0n) is 18.8. The summed E-state index contributed by atoms with van der Waals surface area (Å²) in [4.78, 5) is 53.9. The van der Waals surface area contributed by atoms with Gasteiger partial charge in [-0.15, -0.1) is 0 Å². The molecule has 8 nitrogen and oxygen atoms in total. The van der Waals surface area contributed by atoms with Gasteiger partial charge in [0.25, 0.3) is 11.8 Å². The average Bonchev–Trinajstić information content (AvgIpc) is 3.36. The number of hydrogen-bond acceptors (Lipinski definition) is 4. The molecule has 4 aromatic rings. The van der Waals surface area contributed by atoms with Gasteiger partial charge in [0.15, 0.2) is 0 Å². The summed E-state index contributed by atoms with van der Waals surface area (Å²) in [5.41, 5.74) is 1.55. The minimum Gasteiger partial charge on any atom is -0.478 e. The minimum atomic E-state index is -1.07. The van der Waals surface area contributed by atoms with Gasteiger partial charge in [0, 0.05) is 17.6 Å². The van der Waals surface area contributed by atoms with E-state index in [2.05, 4.69) is 0 Å². The van der Waals surface area contributed by atoms with E-state index >= 15 is 0 Å². The SMILES string of the molecule is O=C(O)c1cccc(-n2cccc2C=C2C(=O)N(c3ccccc3)C(=O)N(c3ccccc3)C2=O)c1. The molecular formula is C28H19N3O5. The monoisotopic (exact) mass is 477 g/mol. The Morgan fingerprint density at radius 3 is 1.78 bits per heavy atom. The van der Waals surface area contributed by atoms with Crippen molar-refractivity contribution in [2.24, 2.45) is 0 Å². The third kappa shape index (κ3) is 3.97. The van der Waals surface area contributed by atoms with Crippen LogP contribution in [-0.4, -0.2) is 33.5 Å². The number of benzene rings is 3. The number of amides is 4. The van der Waals surface area contributed by atoms with Crippen LogP contribution in [0.15, 0.2) is 109 Å². The van der Waals surface area contributed by atoms with Crippen LogP contribution in [0.2, 0.25) is 0 Å². The standard InChI is InChI=1S/C28H19N3O5/c32-25-24(18-23-15-8-16-29(23)22-14-7-9-19(17-22)27(34)35)26(33)31(21-12-5-2-6-13-21)28(36)30(25)20-10-3-1-4-11-20/h1-18H,(H,34,35). The first-order valence-electron chi connectivity index (χ1n) is 11.0. The number of carboxylic acids is 1. The molecule has 5 rings (SSSR count). The molecule has 176 valence electrons. The van der Waals surface area contributed by atoms with Gasteiger partial charge >= 0.3 is 12.0 Å². The van der Waals surface area contributed by atoms with E-state index in [0.29, 0.717) is 22.8 Å². The summed E-state index contributed by atoms with van der Waals surface area (Å²) in [5.74, 6) is -2.58. The molecule has 0 aliphatic carbocycles. The fourth-order valence-corrected chi connectivity index (χ4v) is 4.02. The molecule has 1 aliphatic rings. The third-order valence-corrected chi connectivity index (χ3v) is 5.72. The Morgan fingerprint density at radius 2 is 1.22 bits per heavy atom. The van der Waals surface area contributed by atoms with Crippen LogP contribution in [0.1, 0.15) is 16.1 Å². The minimum absolute atomic E-state index is 0.0979. The first-order chi connectivity index (χ1) is 17.5. The Labute approximate surface area is 205 Å². The number of carboxylic acid groups (broad SMARTS) is 1. The number of aromatic carboxylic acids is 1. The van der Waals surface area contributed by atoms with Crippen molar-refractivity contribution in [2.75, 3.05) is 9.80 Å². The van der Waals surface area contributed by atoms with Crippen molar-refractivity contribution < 1.29 is 24.3 Å². The van der Waals surface area contributed by atoms with E-state index < -0.39 is 23.8 Å². The summed E-state index contributed by atoms with van der Waals surface area (Å²) in [7, 11) is 0. The number of barbiturate groups is 1. The lowest BCUT2D eigenvalue weighted by molar-refractivity contribution is -0.121. The molecule has 0 atom stereocenters. The smallest absolute Gasteiger partial charge is 0.343 e. The number of para-hydroxylation sites is 2. The van der Waals surface area contributed by atoms with Gasteiger partial charge in [0.05, 0.1) is 16.9 Å². The van der Waals surface area contributed by atoms with Gasteiger partial charge in [0.1, 0.15) is 5.57 Å². The molecule has 0 spiro atoms. The third-order valence-electron chi connectivity index (χ3n) is 5.72. The highest BCUT2D eigenvalue weighted by Gasteiger charge is 2.43. The summed E-state index contributed by atoms with van der Waals surface area (Å²) in [6, 6.07) is 25.7. The number of carbonyl (C=O) groups excluding carboxylic acids is 3. The number of nitrogens with zero attached hydrogens (tertiary/aromatic N) is 3. The van der Waals surface area contributed by atoms with Gasteiger partial charge in [-0.25, -0.2) is 19.4 Å². The van der Waals surface area contributed by atoms with Crippen LogP contribution in [0.25, 0.3) is 11.8 Å². The van der Waals surface area contributed by atoms with Crippen LogP contribution in [0, 0.1) is 0 Å². The molecule has 1 saturated heterocycles. The van der Waals surface area contributed by atoms with Crippen molar-refractivity contribution in [2.45, 2.75) is 0 Å². The van der Waals surface area contributed by atoms with Crippen LogP contribution in [0.3, 0.4) is 0 Å². The lowest BCUT2D eigenvalue weighted by Gasteiger charge is -2.33. The molecule has 0 saturated carbocycles. The Kier molecular flexibility index (Phi) is 5.75. The zero-order valence-corrected chi connectivity index (χ0v) is 18.8. The van der Waals surface area contributed by atoms with Gasteiger partial charge in [-0.2, -0.15) is 0 Å². The van der Waals surface area contributed by atoms with Crippen LogP contribution >= 0.6 is 0 Å².